The Morgan fingerprint density at radius 1 is 1.28 bits per heavy atom. The monoisotopic (exact) mass is 268 g/mol. The van der Waals surface area contributed by atoms with Crippen LogP contribution in [0.5, 0.6) is 11.5 Å². The number of carboxylic acid groups (broad SMARTS) is 1. The SMILES string of the molecule is O=C(O)/C=C/S(=O)c1ccc2c(c1)OCCCO2. The lowest BCUT2D eigenvalue weighted by atomic mass is 10.3. The van der Waals surface area contributed by atoms with Crippen molar-refractivity contribution in [2.24, 2.45) is 0 Å². The highest BCUT2D eigenvalue weighted by atomic mass is 32.2. The molecule has 0 amide bonds. The lowest BCUT2D eigenvalue weighted by Crippen LogP contribution is -1.97. The number of hydrogen-bond donors (Lipinski definition) is 1. The number of carboxylic acids is 1. The smallest absolute Gasteiger partial charge is 0.328 e. The van der Waals surface area contributed by atoms with Gasteiger partial charge in [-0.15, -0.1) is 0 Å². The highest BCUT2D eigenvalue weighted by Crippen LogP contribution is 2.31. The fraction of sp³-hybridized carbons (Fsp3) is 0.250. The summed E-state index contributed by atoms with van der Waals surface area (Å²) in [5.74, 6) is 0.0373. The first-order chi connectivity index (χ1) is 8.66. The number of aliphatic carboxylic acids is 1. The Morgan fingerprint density at radius 2 is 2.00 bits per heavy atom. The molecule has 0 bridgehead atoms. The van der Waals surface area contributed by atoms with Crippen LogP contribution in [0.1, 0.15) is 6.42 Å². The van der Waals surface area contributed by atoms with Gasteiger partial charge in [0.25, 0.3) is 0 Å². The molecule has 6 heteroatoms. The van der Waals surface area contributed by atoms with Crippen molar-refractivity contribution in [1.29, 1.82) is 0 Å². The van der Waals surface area contributed by atoms with Crippen molar-refractivity contribution in [1.82, 2.24) is 0 Å². The van der Waals surface area contributed by atoms with Crippen molar-refractivity contribution in [3.05, 3.63) is 29.7 Å². The third kappa shape index (κ3) is 3.10. The fourth-order valence-corrected chi connectivity index (χ4v) is 2.29. The zero-order chi connectivity index (χ0) is 13.0. The average molecular weight is 268 g/mol. The first-order valence-electron chi connectivity index (χ1n) is 5.38. The van der Waals surface area contributed by atoms with Crippen LogP contribution < -0.4 is 9.47 Å². The minimum atomic E-state index is -1.50. The molecule has 0 radical (unpaired) electrons. The second kappa shape index (κ2) is 5.68. The maximum absolute atomic E-state index is 11.8. The van der Waals surface area contributed by atoms with E-state index in [2.05, 4.69) is 0 Å². The molecule has 0 saturated carbocycles. The molecular formula is C12H12O5S. The number of benzene rings is 1. The van der Waals surface area contributed by atoms with E-state index < -0.39 is 16.8 Å². The molecule has 1 unspecified atom stereocenters. The largest absolute Gasteiger partial charge is 0.490 e. The van der Waals surface area contributed by atoms with Crippen molar-refractivity contribution in [2.75, 3.05) is 13.2 Å². The molecule has 1 N–H and O–H groups in total. The van der Waals surface area contributed by atoms with Crippen LogP contribution in [0.2, 0.25) is 0 Å². The fourth-order valence-electron chi connectivity index (χ4n) is 1.47. The van der Waals surface area contributed by atoms with Crippen molar-refractivity contribution < 1.29 is 23.6 Å². The van der Waals surface area contributed by atoms with Gasteiger partial charge in [-0.2, -0.15) is 0 Å². The van der Waals surface area contributed by atoms with E-state index in [4.69, 9.17) is 14.6 Å². The highest BCUT2D eigenvalue weighted by molar-refractivity contribution is 7.88. The molecule has 0 aromatic heterocycles. The minimum Gasteiger partial charge on any atom is -0.490 e. The third-order valence-electron chi connectivity index (χ3n) is 2.29. The van der Waals surface area contributed by atoms with Crippen LogP contribution >= 0.6 is 0 Å². The Balaban J connectivity index is 2.22. The van der Waals surface area contributed by atoms with E-state index in [1.165, 1.54) is 0 Å². The van der Waals surface area contributed by atoms with Crippen LogP contribution in [0, 0.1) is 0 Å². The topological polar surface area (TPSA) is 72.8 Å². The van der Waals surface area contributed by atoms with Crippen molar-refractivity contribution >= 4 is 16.8 Å². The van der Waals surface area contributed by atoms with Gasteiger partial charge < -0.3 is 14.6 Å². The Bertz CT molecular complexity index is 509. The summed E-state index contributed by atoms with van der Waals surface area (Å²) in [6.07, 6.45) is 1.66. The zero-order valence-corrected chi connectivity index (χ0v) is 10.3. The van der Waals surface area contributed by atoms with Crippen LogP contribution in [-0.4, -0.2) is 28.5 Å². The quantitative estimate of drug-likeness (QED) is 0.842. The second-order valence-corrected chi connectivity index (χ2v) is 4.94. The number of rotatable bonds is 3. The molecule has 0 saturated heterocycles. The van der Waals surface area contributed by atoms with Crippen LogP contribution in [0.3, 0.4) is 0 Å². The Morgan fingerprint density at radius 3 is 2.72 bits per heavy atom. The predicted molar refractivity (Wildman–Crippen MR) is 65.2 cm³/mol. The van der Waals surface area contributed by atoms with Crippen molar-refractivity contribution in [3.8, 4) is 11.5 Å². The van der Waals surface area contributed by atoms with Gasteiger partial charge in [0.05, 0.1) is 24.0 Å². The number of fused-ring (bicyclic) bond motifs is 1. The first kappa shape index (κ1) is 12.6. The highest BCUT2D eigenvalue weighted by Gasteiger charge is 2.12. The zero-order valence-electron chi connectivity index (χ0n) is 9.50. The molecule has 1 aromatic carbocycles. The van der Waals surface area contributed by atoms with Crippen molar-refractivity contribution in [3.63, 3.8) is 0 Å². The minimum absolute atomic E-state index is 0.483. The molecule has 0 aliphatic carbocycles. The van der Waals surface area contributed by atoms with E-state index in [1.807, 2.05) is 0 Å². The summed E-state index contributed by atoms with van der Waals surface area (Å²) in [5, 5.41) is 9.60. The molecule has 1 atom stereocenters. The molecule has 1 aliphatic rings. The summed E-state index contributed by atoms with van der Waals surface area (Å²) in [7, 11) is -1.50. The van der Waals surface area contributed by atoms with Crippen LogP contribution in [-0.2, 0) is 15.6 Å². The normalized spacial score (nSPS) is 16.2. The summed E-state index contributed by atoms with van der Waals surface area (Å²) in [5.41, 5.74) is 0. The van der Waals surface area contributed by atoms with Gasteiger partial charge in [-0.25, -0.2) is 9.00 Å². The van der Waals surface area contributed by atoms with E-state index in [1.54, 1.807) is 18.2 Å². The Kier molecular flexibility index (Phi) is 3.99. The van der Waals surface area contributed by atoms with Gasteiger partial charge in [0.2, 0.25) is 0 Å². The second-order valence-electron chi connectivity index (χ2n) is 3.60. The van der Waals surface area contributed by atoms with Gasteiger partial charge in [0.15, 0.2) is 11.5 Å². The van der Waals surface area contributed by atoms with Gasteiger partial charge in [-0.1, -0.05) is 0 Å². The molecule has 1 heterocycles. The third-order valence-corrected chi connectivity index (χ3v) is 3.39. The van der Waals surface area contributed by atoms with Crippen LogP contribution in [0.25, 0.3) is 0 Å². The van der Waals surface area contributed by atoms with Crippen LogP contribution in [0.15, 0.2) is 34.6 Å². The van der Waals surface area contributed by atoms with E-state index in [0.29, 0.717) is 29.6 Å². The summed E-state index contributed by atoms with van der Waals surface area (Å²) < 4.78 is 22.7. The summed E-state index contributed by atoms with van der Waals surface area (Å²) in [6, 6.07) is 4.93. The average Bonchev–Trinajstić information content (AvgIpc) is 2.60. The van der Waals surface area contributed by atoms with E-state index in [9.17, 15) is 9.00 Å². The Labute approximate surface area is 106 Å². The standard InChI is InChI=1S/C12H12O5S/c13-12(14)4-7-18(15)9-2-3-10-11(8-9)17-6-1-5-16-10/h2-4,7-8H,1,5-6H2,(H,13,14)/b7-4+. The molecule has 5 nitrogen and oxygen atoms in total. The number of ether oxygens (including phenoxy) is 2. The Hall–Kier alpha value is -1.82. The van der Waals surface area contributed by atoms with Crippen molar-refractivity contribution in [2.45, 2.75) is 11.3 Å². The maximum Gasteiger partial charge on any atom is 0.328 e. The number of carbonyl (C=O) groups is 1. The van der Waals surface area contributed by atoms with Gasteiger partial charge in [0.1, 0.15) is 0 Å². The first-order valence-corrected chi connectivity index (χ1v) is 6.59. The van der Waals surface area contributed by atoms with E-state index in [-0.39, 0.29) is 0 Å². The van der Waals surface area contributed by atoms with Gasteiger partial charge in [-0.05, 0) is 12.1 Å². The molecule has 96 valence electrons. The molecule has 0 fully saturated rings. The summed E-state index contributed by atoms with van der Waals surface area (Å²) in [4.78, 5) is 10.8. The molecule has 2 rings (SSSR count). The maximum atomic E-state index is 11.8. The molecular weight excluding hydrogens is 256 g/mol. The lowest BCUT2D eigenvalue weighted by Gasteiger charge is -2.07. The molecule has 18 heavy (non-hydrogen) atoms. The summed E-state index contributed by atoms with van der Waals surface area (Å²) in [6.45, 7) is 1.14. The van der Waals surface area contributed by atoms with Crippen LogP contribution in [0.4, 0.5) is 0 Å². The molecule has 1 aromatic rings. The van der Waals surface area contributed by atoms with Gasteiger partial charge >= 0.3 is 5.97 Å². The summed E-state index contributed by atoms with van der Waals surface area (Å²) >= 11 is 0. The number of hydrogen-bond acceptors (Lipinski definition) is 4. The van der Waals surface area contributed by atoms with E-state index >= 15 is 0 Å². The lowest BCUT2D eigenvalue weighted by molar-refractivity contribution is -0.131. The molecule has 0 spiro atoms. The van der Waals surface area contributed by atoms with Gasteiger partial charge in [-0.3, -0.25) is 0 Å². The van der Waals surface area contributed by atoms with E-state index in [0.717, 1.165) is 17.9 Å². The predicted octanol–water partition coefficient (Wildman–Crippen LogP) is 1.55. The molecule has 1 aliphatic heterocycles. The van der Waals surface area contributed by atoms with Gasteiger partial charge in [0, 0.05) is 28.9 Å².